The van der Waals surface area contributed by atoms with Crippen molar-refractivity contribution in [3.8, 4) is 0 Å². The molecule has 0 aliphatic carbocycles. The first kappa shape index (κ1) is 17.6. The number of aryl methyl sites for hydroxylation is 5. The van der Waals surface area contributed by atoms with Crippen LogP contribution >= 0.6 is 11.8 Å². The van der Waals surface area contributed by atoms with Gasteiger partial charge in [-0.05, 0) is 64.3 Å². The van der Waals surface area contributed by atoms with E-state index in [2.05, 4.69) is 56.4 Å². The lowest BCUT2D eigenvalue weighted by Gasteiger charge is -2.17. The summed E-state index contributed by atoms with van der Waals surface area (Å²) in [4.78, 5) is 13.7. The van der Waals surface area contributed by atoms with Gasteiger partial charge in [0.15, 0.2) is 0 Å². The van der Waals surface area contributed by atoms with Crippen molar-refractivity contribution in [3.05, 3.63) is 58.1 Å². The van der Waals surface area contributed by atoms with Gasteiger partial charge in [0.05, 0.1) is 5.25 Å². The predicted molar refractivity (Wildman–Crippen MR) is 101 cm³/mol. The van der Waals surface area contributed by atoms with Gasteiger partial charge in [0.25, 0.3) is 0 Å². The first-order valence-electron chi connectivity index (χ1n) is 7.90. The SMILES string of the molecule is Cc1ccc(S[C@H](C)C(=O)Nc2c(C)cc(C)cc2C)c(C)c1. The number of anilines is 1. The minimum atomic E-state index is -0.142. The maximum absolute atomic E-state index is 12.6. The fourth-order valence-corrected chi connectivity index (χ4v) is 3.72. The molecule has 0 aliphatic heterocycles. The van der Waals surface area contributed by atoms with E-state index in [1.807, 2.05) is 20.8 Å². The first-order chi connectivity index (χ1) is 10.8. The standard InChI is InChI=1S/C20H25NOS/c1-12-7-8-18(14(3)9-12)23-17(6)20(22)21-19-15(4)10-13(2)11-16(19)5/h7-11,17H,1-6H3,(H,21,22)/t17-/m1/s1. The number of thioether (sulfide) groups is 1. The molecule has 3 heteroatoms. The van der Waals surface area contributed by atoms with Crippen LogP contribution in [0.15, 0.2) is 35.2 Å². The van der Waals surface area contributed by atoms with Crippen LogP contribution in [0.5, 0.6) is 0 Å². The van der Waals surface area contributed by atoms with E-state index in [0.717, 1.165) is 21.7 Å². The Bertz CT molecular complexity index is 713. The number of hydrogen-bond donors (Lipinski definition) is 1. The summed E-state index contributed by atoms with van der Waals surface area (Å²) in [5, 5.41) is 2.95. The topological polar surface area (TPSA) is 29.1 Å². The van der Waals surface area contributed by atoms with E-state index in [4.69, 9.17) is 0 Å². The molecule has 1 atom stereocenters. The molecular weight excluding hydrogens is 302 g/mol. The predicted octanol–water partition coefficient (Wildman–Crippen LogP) is 5.35. The van der Waals surface area contributed by atoms with E-state index in [0.29, 0.717) is 0 Å². The van der Waals surface area contributed by atoms with Crippen molar-refractivity contribution >= 4 is 23.4 Å². The summed E-state index contributed by atoms with van der Waals surface area (Å²) in [7, 11) is 0. The quantitative estimate of drug-likeness (QED) is 0.767. The average Bonchev–Trinajstić information content (AvgIpc) is 2.45. The highest BCUT2D eigenvalue weighted by molar-refractivity contribution is 8.00. The van der Waals surface area contributed by atoms with Crippen LogP contribution in [0.4, 0.5) is 5.69 Å². The summed E-state index contributed by atoms with van der Waals surface area (Å²) >= 11 is 1.61. The van der Waals surface area contributed by atoms with Crippen LogP contribution in [0.3, 0.4) is 0 Å². The van der Waals surface area contributed by atoms with Crippen molar-refractivity contribution in [2.75, 3.05) is 5.32 Å². The minimum absolute atomic E-state index is 0.0463. The Morgan fingerprint density at radius 1 is 0.913 bits per heavy atom. The largest absolute Gasteiger partial charge is 0.325 e. The van der Waals surface area contributed by atoms with E-state index in [9.17, 15) is 4.79 Å². The Balaban J connectivity index is 2.11. The second-order valence-electron chi connectivity index (χ2n) is 6.29. The van der Waals surface area contributed by atoms with Gasteiger partial charge >= 0.3 is 0 Å². The summed E-state index contributed by atoms with van der Waals surface area (Å²) in [6, 6.07) is 10.5. The lowest BCUT2D eigenvalue weighted by Crippen LogP contribution is -2.23. The number of hydrogen-bond acceptors (Lipinski definition) is 2. The number of benzene rings is 2. The van der Waals surface area contributed by atoms with E-state index >= 15 is 0 Å². The number of carbonyl (C=O) groups excluding carboxylic acids is 1. The molecule has 0 saturated carbocycles. The molecule has 2 aromatic carbocycles. The summed E-state index contributed by atoms with van der Waals surface area (Å²) in [6.45, 7) is 12.3. The van der Waals surface area contributed by atoms with Crippen molar-refractivity contribution in [1.29, 1.82) is 0 Å². The summed E-state index contributed by atoms with van der Waals surface area (Å²) < 4.78 is 0. The zero-order valence-electron chi connectivity index (χ0n) is 14.8. The summed E-state index contributed by atoms with van der Waals surface area (Å²) in [5.74, 6) is 0.0463. The summed E-state index contributed by atoms with van der Waals surface area (Å²) in [5.41, 5.74) is 6.84. The molecule has 122 valence electrons. The van der Waals surface area contributed by atoms with Gasteiger partial charge in [0.2, 0.25) is 5.91 Å². The van der Waals surface area contributed by atoms with Crippen molar-refractivity contribution in [3.63, 3.8) is 0 Å². The Kier molecular flexibility index (Phi) is 5.53. The Hall–Kier alpha value is -1.74. The zero-order valence-corrected chi connectivity index (χ0v) is 15.6. The molecule has 0 saturated heterocycles. The zero-order chi connectivity index (χ0) is 17.1. The highest BCUT2D eigenvalue weighted by Gasteiger charge is 2.17. The molecule has 0 aromatic heterocycles. The fourth-order valence-electron chi connectivity index (χ4n) is 2.78. The van der Waals surface area contributed by atoms with Crippen molar-refractivity contribution < 1.29 is 4.79 Å². The van der Waals surface area contributed by atoms with Crippen molar-refractivity contribution in [2.45, 2.75) is 51.7 Å². The van der Waals surface area contributed by atoms with Gasteiger partial charge in [-0.1, -0.05) is 35.4 Å². The second-order valence-corrected chi connectivity index (χ2v) is 7.67. The number of nitrogens with one attached hydrogen (secondary N) is 1. The third-order valence-electron chi connectivity index (χ3n) is 3.93. The van der Waals surface area contributed by atoms with Gasteiger partial charge < -0.3 is 5.32 Å². The molecule has 2 aromatic rings. The lowest BCUT2D eigenvalue weighted by atomic mass is 10.1. The van der Waals surface area contributed by atoms with Crippen LogP contribution in [0.1, 0.15) is 34.7 Å². The van der Waals surface area contributed by atoms with Gasteiger partial charge in [0, 0.05) is 10.6 Å². The van der Waals surface area contributed by atoms with Crippen LogP contribution in [-0.4, -0.2) is 11.2 Å². The van der Waals surface area contributed by atoms with Gasteiger partial charge in [-0.15, -0.1) is 11.8 Å². The van der Waals surface area contributed by atoms with Gasteiger partial charge in [-0.25, -0.2) is 0 Å². The van der Waals surface area contributed by atoms with E-state index in [1.165, 1.54) is 16.7 Å². The average molecular weight is 327 g/mol. The molecule has 0 aliphatic rings. The summed E-state index contributed by atoms with van der Waals surface area (Å²) in [6.07, 6.45) is 0. The van der Waals surface area contributed by atoms with E-state index < -0.39 is 0 Å². The van der Waals surface area contributed by atoms with Crippen molar-refractivity contribution in [1.82, 2.24) is 0 Å². The van der Waals surface area contributed by atoms with Crippen LogP contribution in [0.2, 0.25) is 0 Å². The molecule has 2 rings (SSSR count). The highest BCUT2D eigenvalue weighted by atomic mass is 32.2. The Morgan fingerprint density at radius 3 is 2.04 bits per heavy atom. The Morgan fingerprint density at radius 2 is 1.48 bits per heavy atom. The smallest absolute Gasteiger partial charge is 0.237 e. The highest BCUT2D eigenvalue weighted by Crippen LogP contribution is 2.29. The molecule has 0 bridgehead atoms. The second kappa shape index (κ2) is 7.22. The molecular formula is C20H25NOS. The Labute approximate surface area is 143 Å². The van der Waals surface area contributed by atoms with Crippen LogP contribution in [0.25, 0.3) is 0 Å². The van der Waals surface area contributed by atoms with Gasteiger partial charge in [-0.3, -0.25) is 4.79 Å². The van der Waals surface area contributed by atoms with Gasteiger partial charge in [-0.2, -0.15) is 0 Å². The lowest BCUT2D eigenvalue weighted by molar-refractivity contribution is -0.115. The van der Waals surface area contributed by atoms with Crippen molar-refractivity contribution in [2.24, 2.45) is 0 Å². The third-order valence-corrected chi connectivity index (χ3v) is 5.21. The molecule has 0 radical (unpaired) electrons. The molecule has 1 N–H and O–H groups in total. The van der Waals surface area contributed by atoms with Crippen LogP contribution in [-0.2, 0) is 4.79 Å². The minimum Gasteiger partial charge on any atom is -0.325 e. The monoisotopic (exact) mass is 327 g/mol. The molecule has 0 unspecified atom stereocenters. The fraction of sp³-hybridized carbons (Fsp3) is 0.350. The van der Waals surface area contributed by atoms with E-state index in [1.54, 1.807) is 11.8 Å². The molecule has 0 spiro atoms. The molecule has 23 heavy (non-hydrogen) atoms. The van der Waals surface area contributed by atoms with Crippen LogP contribution in [0, 0.1) is 34.6 Å². The number of amides is 1. The first-order valence-corrected chi connectivity index (χ1v) is 8.78. The number of rotatable bonds is 4. The van der Waals surface area contributed by atoms with Crippen LogP contribution < -0.4 is 5.32 Å². The normalized spacial score (nSPS) is 12.1. The molecule has 0 heterocycles. The van der Waals surface area contributed by atoms with E-state index in [-0.39, 0.29) is 11.2 Å². The van der Waals surface area contributed by atoms with Gasteiger partial charge in [0.1, 0.15) is 0 Å². The molecule has 0 fully saturated rings. The number of carbonyl (C=O) groups is 1. The maximum atomic E-state index is 12.6. The molecule has 2 nitrogen and oxygen atoms in total. The third kappa shape index (κ3) is 4.38. The maximum Gasteiger partial charge on any atom is 0.237 e. The molecule has 1 amide bonds.